The second-order valence-corrected chi connectivity index (χ2v) is 3.54. The fourth-order valence-corrected chi connectivity index (χ4v) is 1.28. The van der Waals surface area contributed by atoms with E-state index in [1.807, 2.05) is 0 Å². The normalized spacial score (nSPS) is 11.7. The van der Waals surface area contributed by atoms with Crippen LogP contribution in [0.4, 0.5) is 4.39 Å². The predicted molar refractivity (Wildman–Crippen MR) is 49.9 cm³/mol. The first-order chi connectivity index (χ1) is 5.18. The molecule has 0 fully saturated rings. The summed E-state index contributed by atoms with van der Waals surface area (Å²) in [5.74, 6) is 0. The van der Waals surface area contributed by atoms with Crippen molar-refractivity contribution in [1.29, 1.82) is 0 Å². The van der Waals surface area contributed by atoms with Gasteiger partial charge in [0, 0.05) is 16.9 Å². The first-order valence-corrected chi connectivity index (χ1v) is 4.40. The summed E-state index contributed by atoms with van der Waals surface area (Å²) in [5, 5.41) is 0. The third-order valence-electron chi connectivity index (χ3n) is 1.00. The van der Waals surface area contributed by atoms with Crippen LogP contribution in [0.1, 0.15) is 5.56 Å². The van der Waals surface area contributed by atoms with Crippen LogP contribution in [0.25, 0.3) is 6.08 Å². The maximum absolute atomic E-state index is 12.3. The summed E-state index contributed by atoms with van der Waals surface area (Å²) in [6.45, 7) is 0. The van der Waals surface area contributed by atoms with Gasteiger partial charge >= 0.3 is 0 Å². The van der Waals surface area contributed by atoms with E-state index >= 15 is 0 Å². The summed E-state index contributed by atoms with van der Waals surface area (Å²) in [4.78, 5) is 3.86. The van der Waals surface area contributed by atoms with E-state index in [1.54, 1.807) is 18.5 Å². The molecule has 1 nitrogen and oxygen atoms in total. The molecule has 0 aliphatic rings. The van der Waals surface area contributed by atoms with E-state index in [0.717, 1.165) is 4.47 Å². The van der Waals surface area contributed by atoms with Gasteiger partial charge in [0.05, 0.1) is 0 Å². The van der Waals surface area contributed by atoms with E-state index in [4.69, 9.17) is 0 Å². The molecule has 0 spiro atoms. The lowest BCUT2D eigenvalue weighted by Gasteiger charge is -1.91. The monoisotopic (exact) mass is 279 g/mol. The molecule has 1 aromatic rings. The summed E-state index contributed by atoms with van der Waals surface area (Å²) >= 11 is 5.91. The van der Waals surface area contributed by atoms with Crippen LogP contribution in [0, 0.1) is 0 Å². The lowest BCUT2D eigenvalue weighted by Crippen LogP contribution is -1.75. The van der Waals surface area contributed by atoms with E-state index in [9.17, 15) is 4.39 Å². The summed E-state index contributed by atoms with van der Waals surface area (Å²) < 4.78 is 12.7. The van der Waals surface area contributed by atoms with Gasteiger partial charge in [0.25, 0.3) is 0 Å². The summed E-state index contributed by atoms with van der Waals surface area (Å²) in [5.41, 5.74) is 0.716. The van der Waals surface area contributed by atoms with Crippen molar-refractivity contribution in [3.05, 3.63) is 33.2 Å². The zero-order valence-electron chi connectivity index (χ0n) is 5.39. The second-order valence-electron chi connectivity index (χ2n) is 1.87. The fraction of sp³-hybridized carbons (Fsp3) is 0. The van der Waals surface area contributed by atoms with Crippen molar-refractivity contribution in [2.24, 2.45) is 0 Å². The molecule has 0 bridgehead atoms. The Morgan fingerprint density at radius 2 is 2.27 bits per heavy atom. The zero-order chi connectivity index (χ0) is 8.27. The number of halogens is 3. The lowest BCUT2D eigenvalue weighted by molar-refractivity contribution is 0.711. The summed E-state index contributed by atoms with van der Waals surface area (Å²) in [6.07, 6.45) is 4.56. The molecular weight excluding hydrogens is 277 g/mol. The van der Waals surface area contributed by atoms with Gasteiger partial charge in [-0.15, -0.1) is 0 Å². The van der Waals surface area contributed by atoms with E-state index in [1.165, 1.54) is 6.08 Å². The first kappa shape index (κ1) is 8.87. The third kappa shape index (κ3) is 3.12. The van der Waals surface area contributed by atoms with E-state index in [0.29, 0.717) is 5.56 Å². The SMILES string of the molecule is F/C(Br)=C\c1cncc(Br)c1. The van der Waals surface area contributed by atoms with Gasteiger partial charge in [0.1, 0.15) is 0 Å². The Balaban J connectivity index is 2.97. The van der Waals surface area contributed by atoms with E-state index in [-0.39, 0.29) is 0 Å². The molecule has 58 valence electrons. The van der Waals surface area contributed by atoms with E-state index in [2.05, 4.69) is 36.8 Å². The average Bonchev–Trinajstić information content (AvgIpc) is 1.85. The van der Waals surface area contributed by atoms with Crippen molar-refractivity contribution in [2.45, 2.75) is 0 Å². The molecule has 0 radical (unpaired) electrons. The van der Waals surface area contributed by atoms with Gasteiger partial charge in [-0.2, -0.15) is 4.39 Å². The number of nitrogens with zero attached hydrogens (tertiary/aromatic N) is 1. The molecule has 0 aliphatic carbocycles. The van der Waals surface area contributed by atoms with Crippen molar-refractivity contribution < 1.29 is 4.39 Å². The fourth-order valence-electron chi connectivity index (χ4n) is 0.633. The van der Waals surface area contributed by atoms with Crippen LogP contribution in [0.2, 0.25) is 0 Å². The molecule has 0 aromatic carbocycles. The predicted octanol–water partition coefficient (Wildman–Crippen LogP) is 3.51. The van der Waals surface area contributed by atoms with Crippen molar-refractivity contribution in [2.75, 3.05) is 0 Å². The van der Waals surface area contributed by atoms with Crippen molar-refractivity contribution in [3.63, 3.8) is 0 Å². The molecule has 1 heterocycles. The van der Waals surface area contributed by atoms with Crippen LogP contribution < -0.4 is 0 Å². The van der Waals surface area contributed by atoms with Gasteiger partial charge < -0.3 is 0 Å². The zero-order valence-corrected chi connectivity index (χ0v) is 8.56. The van der Waals surface area contributed by atoms with Crippen molar-refractivity contribution in [3.8, 4) is 0 Å². The standard InChI is InChI=1S/C7H4Br2FN/c8-6-1-5(2-7(9)10)3-11-4-6/h1-4H/b7-2-. The number of hydrogen-bond donors (Lipinski definition) is 0. The topological polar surface area (TPSA) is 12.9 Å². The van der Waals surface area contributed by atoms with Crippen LogP contribution in [0.5, 0.6) is 0 Å². The van der Waals surface area contributed by atoms with Gasteiger partial charge in [-0.1, -0.05) is 0 Å². The van der Waals surface area contributed by atoms with Crippen LogP contribution >= 0.6 is 31.9 Å². The minimum Gasteiger partial charge on any atom is -0.263 e. The Morgan fingerprint density at radius 3 is 2.82 bits per heavy atom. The Kier molecular flexibility index (Phi) is 3.20. The highest BCUT2D eigenvalue weighted by Gasteiger charge is 1.91. The average molecular weight is 281 g/mol. The summed E-state index contributed by atoms with van der Waals surface area (Å²) in [6, 6.07) is 1.77. The molecule has 0 saturated heterocycles. The van der Waals surface area contributed by atoms with Crippen LogP contribution in [-0.4, -0.2) is 4.98 Å². The number of pyridine rings is 1. The number of rotatable bonds is 1. The first-order valence-electron chi connectivity index (χ1n) is 2.82. The molecule has 1 rings (SSSR count). The maximum Gasteiger partial charge on any atom is 0.166 e. The van der Waals surface area contributed by atoms with Crippen LogP contribution in [0.3, 0.4) is 0 Å². The van der Waals surface area contributed by atoms with Gasteiger partial charge in [0.2, 0.25) is 0 Å². The highest BCUT2D eigenvalue weighted by Crippen LogP contribution is 2.15. The van der Waals surface area contributed by atoms with Crippen molar-refractivity contribution in [1.82, 2.24) is 4.98 Å². The third-order valence-corrected chi connectivity index (χ3v) is 1.66. The Hall–Kier alpha value is -0.220. The molecule has 0 aliphatic heterocycles. The Bertz CT molecular complexity index is 282. The minimum absolute atomic E-state index is 0.405. The van der Waals surface area contributed by atoms with Gasteiger partial charge in [-0.05, 0) is 49.6 Å². The smallest absolute Gasteiger partial charge is 0.166 e. The molecule has 4 heteroatoms. The summed E-state index contributed by atoms with van der Waals surface area (Å²) in [7, 11) is 0. The molecule has 0 saturated carbocycles. The largest absolute Gasteiger partial charge is 0.263 e. The molecular formula is C7H4Br2FN. The van der Waals surface area contributed by atoms with Gasteiger partial charge in [0.15, 0.2) is 4.74 Å². The second kappa shape index (κ2) is 3.97. The molecule has 11 heavy (non-hydrogen) atoms. The van der Waals surface area contributed by atoms with Crippen LogP contribution in [-0.2, 0) is 0 Å². The van der Waals surface area contributed by atoms with Crippen molar-refractivity contribution >= 4 is 37.9 Å². The molecule has 0 atom stereocenters. The Morgan fingerprint density at radius 1 is 1.55 bits per heavy atom. The maximum atomic E-state index is 12.3. The Labute approximate surface area is 80.6 Å². The number of hydrogen-bond acceptors (Lipinski definition) is 1. The molecule has 0 unspecified atom stereocenters. The van der Waals surface area contributed by atoms with E-state index < -0.39 is 4.74 Å². The highest BCUT2D eigenvalue weighted by molar-refractivity contribution is 9.11. The molecule has 0 amide bonds. The highest BCUT2D eigenvalue weighted by atomic mass is 79.9. The lowest BCUT2D eigenvalue weighted by atomic mass is 10.3. The minimum atomic E-state index is -0.405. The quantitative estimate of drug-likeness (QED) is 0.767. The number of aromatic nitrogens is 1. The van der Waals surface area contributed by atoms with Gasteiger partial charge in [-0.25, -0.2) is 0 Å². The van der Waals surface area contributed by atoms with Gasteiger partial charge in [-0.3, -0.25) is 4.98 Å². The molecule has 0 N–H and O–H groups in total. The van der Waals surface area contributed by atoms with Crippen LogP contribution in [0.15, 0.2) is 27.7 Å². The molecule has 1 aromatic heterocycles.